The van der Waals surface area contributed by atoms with Gasteiger partial charge in [0.05, 0.1) is 17.9 Å². The van der Waals surface area contributed by atoms with E-state index in [0.717, 1.165) is 18.7 Å². The van der Waals surface area contributed by atoms with Crippen molar-refractivity contribution in [3.63, 3.8) is 0 Å². The Morgan fingerprint density at radius 1 is 1.14 bits per heavy atom. The quantitative estimate of drug-likeness (QED) is 0.747. The Morgan fingerprint density at radius 3 is 2.38 bits per heavy atom. The Kier molecular flexibility index (Phi) is 6.78. The largest absolute Gasteiger partial charge is 0.379 e. The minimum absolute atomic E-state index is 0.121. The standard InChI is InChI=1S/C17H30N2O2/c1-16(2,3)19-12-14-7-8-15(18-11-14)13-21-10-9-17(4,5)20-6/h7-8,11,19H,9-10,12-13H2,1-6H3. The molecule has 1 aromatic heterocycles. The Morgan fingerprint density at radius 2 is 1.86 bits per heavy atom. The van der Waals surface area contributed by atoms with Gasteiger partial charge in [-0.2, -0.15) is 0 Å². The number of nitrogens with zero attached hydrogens (tertiary/aromatic N) is 1. The van der Waals surface area contributed by atoms with E-state index in [0.29, 0.717) is 13.2 Å². The molecule has 0 aliphatic rings. The number of pyridine rings is 1. The number of ether oxygens (including phenoxy) is 2. The first-order valence-electron chi connectivity index (χ1n) is 7.54. The van der Waals surface area contributed by atoms with Gasteiger partial charge in [-0.15, -0.1) is 0 Å². The lowest BCUT2D eigenvalue weighted by Gasteiger charge is -2.22. The topological polar surface area (TPSA) is 43.4 Å². The van der Waals surface area contributed by atoms with Crippen LogP contribution in [0.4, 0.5) is 0 Å². The molecule has 1 rings (SSSR count). The van der Waals surface area contributed by atoms with Crippen molar-refractivity contribution >= 4 is 0 Å². The van der Waals surface area contributed by atoms with Crippen LogP contribution >= 0.6 is 0 Å². The monoisotopic (exact) mass is 294 g/mol. The highest BCUT2D eigenvalue weighted by Gasteiger charge is 2.15. The third kappa shape index (κ3) is 8.15. The molecule has 0 aliphatic heterocycles. The molecule has 21 heavy (non-hydrogen) atoms. The third-order valence-electron chi connectivity index (χ3n) is 3.36. The van der Waals surface area contributed by atoms with E-state index in [1.54, 1.807) is 7.11 Å². The summed E-state index contributed by atoms with van der Waals surface area (Å²) in [7, 11) is 1.73. The van der Waals surface area contributed by atoms with E-state index in [1.807, 2.05) is 12.3 Å². The zero-order chi connectivity index (χ0) is 15.9. The second kappa shape index (κ2) is 7.87. The second-order valence-corrected chi connectivity index (χ2v) is 7.03. The number of hydrogen-bond acceptors (Lipinski definition) is 4. The van der Waals surface area contributed by atoms with E-state index in [4.69, 9.17) is 9.47 Å². The van der Waals surface area contributed by atoms with Crippen molar-refractivity contribution in [3.05, 3.63) is 29.6 Å². The minimum Gasteiger partial charge on any atom is -0.379 e. The van der Waals surface area contributed by atoms with Crippen LogP contribution in [0.3, 0.4) is 0 Å². The average Bonchev–Trinajstić information content (AvgIpc) is 2.42. The molecule has 0 aromatic carbocycles. The van der Waals surface area contributed by atoms with Crippen LogP contribution in [0.2, 0.25) is 0 Å². The molecule has 4 heteroatoms. The fourth-order valence-corrected chi connectivity index (χ4v) is 1.61. The van der Waals surface area contributed by atoms with Gasteiger partial charge in [0, 0.05) is 32.0 Å². The second-order valence-electron chi connectivity index (χ2n) is 7.03. The lowest BCUT2D eigenvalue weighted by molar-refractivity contribution is -0.0128. The molecule has 0 saturated carbocycles. The highest BCUT2D eigenvalue weighted by Crippen LogP contribution is 2.13. The molecular formula is C17H30N2O2. The van der Waals surface area contributed by atoms with E-state index in [9.17, 15) is 0 Å². The van der Waals surface area contributed by atoms with Crippen molar-refractivity contribution in [1.82, 2.24) is 10.3 Å². The molecule has 0 bridgehead atoms. The predicted molar refractivity (Wildman–Crippen MR) is 86.2 cm³/mol. The van der Waals surface area contributed by atoms with Crippen molar-refractivity contribution in [1.29, 1.82) is 0 Å². The number of methoxy groups -OCH3 is 1. The summed E-state index contributed by atoms with van der Waals surface area (Å²) in [4.78, 5) is 4.44. The molecule has 0 aliphatic carbocycles. The van der Waals surface area contributed by atoms with Gasteiger partial charge in [0.1, 0.15) is 0 Å². The van der Waals surface area contributed by atoms with E-state index in [-0.39, 0.29) is 11.1 Å². The summed E-state index contributed by atoms with van der Waals surface area (Å²) in [5.41, 5.74) is 2.14. The molecule has 0 unspecified atom stereocenters. The number of aromatic nitrogens is 1. The summed E-state index contributed by atoms with van der Waals surface area (Å²) in [5.74, 6) is 0. The highest BCUT2D eigenvalue weighted by atomic mass is 16.5. The highest BCUT2D eigenvalue weighted by molar-refractivity contribution is 5.13. The predicted octanol–water partition coefficient (Wildman–Crippen LogP) is 3.30. The van der Waals surface area contributed by atoms with Gasteiger partial charge in [0.25, 0.3) is 0 Å². The summed E-state index contributed by atoms with van der Waals surface area (Å²) < 4.78 is 11.0. The van der Waals surface area contributed by atoms with Crippen LogP contribution in [0.25, 0.3) is 0 Å². The minimum atomic E-state index is -0.129. The van der Waals surface area contributed by atoms with E-state index in [1.165, 1.54) is 5.56 Å². The summed E-state index contributed by atoms with van der Waals surface area (Å²) >= 11 is 0. The molecule has 0 radical (unpaired) electrons. The van der Waals surface area contributed by atoms with Crippen LogP contribution in [-0.2, 0) is 22.6 Å². The van der Waals surface area contributed by atoms with Crippen molar-refractivity contribution in [2.24, 2.45) is 0 Å². The zero-order valence-corrected chi connectivity index (χ0v) is 14.3. The molecule has 120 valence electrons. The molecular weight excluding hydrogens is 264 g/mol. The lowest BCUT2D eigenvalue weighted by atomic mass is 10.1. The molecule has 1 aromatic rings. The maximum absolute atomic E-state index is 5.65. The van der Waals surface area contributed by atoms with E-state index < -0.39 is 0 Å². The zero-order valence-electron chi connectivity index (χ0n) is 14.3. The smallest absolute Gasteiger partial charge is 0.0887 e. The van der Waals surface area contributed by atoms with Crippen molar-refractivity contribution in [3.8, 4) is 0 Å². The summed E-state index contributed by atoms with van der Waals surface area (Å²) in [5, 5.41) is 3.45. The molecule has 0 amide bonds. The van der Waals surface area contributed by atoms with Crippen molar-refractivity contribution < 1.29 is 9.47 Å². The van der Waals surface area contributed by atoms with Gasteiger partial charge >= 0.3 is 0 Å². The van der Waals surface area contributed by atoms with Crippen molar-refractivity contribution in [2.75, 3.05) is 13.7 Å². The fraction of sp³-hybridized carbons (Fsp3) is 0.706. The maximum atomic E-state index is 5.65. The average molecular weight is 294 g/mol. The normalized spacial score (nSPS) is 12.7. The fourth-order valence-electron chi connectivity index (χ4n) is 1.61. The first kappa shape index (κ1) is 18.1. The number of hydrogen-bond donors (Lipinski definition) is 1. The lowest BCUT2D eigenvalue weighted by Crippen LogP contribution is -2.35. The Labute approximate surface area is 129 Å². The molecule has 0 atom stereocenters. The van der Waals surface area contributed by atoms with Gasteiger partial charge in [0.15, 0.2) is 0 Å². The number of rotatable bonds is 8. The van der Waals surface area contributed by atoms with Crippen molar-refractivity contribution in [2.45, 2.75) is 65.3 Å². The van der Waals surface area contributed by atoms with Gasteiger partial charge in [-0.05, 0) is 52.7 Å². The molecule has 0 spiro atoms. The summed E-state index contributed by atoms with van der Waals surface area (Å²) in [6, 6.07) is 4.13. The summed E-state index contributed by atoms with van der Waals surface area (Å²) in [6.45, 7) is 12.7. The Hall–Kier alpha value is -0.970. The van der Waals surface area contributed by atoms with Gasteiger partial charge < -0.3 is 14.8 Å². The Bertz CT molecular complexity index is 408. The van der Waals surface area contributed by atoms with Crippen LogP contribution in [0, 0.1) is 0 Å². The van der Waals surface area contributed by atoms with E-state index >= 15 is 0 Å². The van der Waals surface area contributed by atoms with Gasteiger partial charge in [-0.25, -0.2) is 0 Å². The molecule has 0 fully saturated rings. The van der Waals surface area contributed by atoms with Crippen LogP contribution in [0.5, 0.6) is 0 Å². The van der Waals surface area contributed by atoms with Crippen LogP contribution in [0.1, 0.15) is 52.3 Å². The molecule has 1 N–H and O–H groups in total. The van der Waals surface area contributed by atoms with Gasteiger partial charge in [-0.3, -0.25) is 4.98 Å². The first-order valence-corrected chi connectivity index (χ1v) is 7.54. The van der Waals surface area contributed by atoms with Crippen LogP contribution in [0.15, 0.2) is 18.3 Å². The van der Waals surface area contributed by atoms with Gasteiger partial charge in [0.2, 0.25) is 0 Å². The number of nitrogens with one attached hydrogen (secondary N) is 1. The molecule has 1 heterocycles. The summed E-state index contributed by atoms with van der Waals surface area (Å²) in [6.07, 6.45) is 2.79. The Balaban J connectivity index is 2.31. The maximum Gasteiger partial charge on any atom is 0.0887 e. The molecule has 0 saturated heterocycles. The molecule has 4 nitrogen and oxygen atoms in total. The van der Waals surface area contributed by atoms with E-state index in [2.05, 4.69) is 51.0 Å². The SMILES string of the molecule is COC(C)(C)CCOCc1ccc(CNC(C)(C)C)cn1. The van der Waals surface area contributed by atoms with Crippen LogP contribution < -0.4 is 5.32 Å². The van der Waals surface area contributed by atoms with Gasteiger partial charge in [-0.1, -0.05) is 6.07 Å². The van der Waals surface area contributed by atoms with Crippen LogP contribution in [-0.4, -0.2) is 29.8 Å². The first-order chi connectivity index (χ1) is 9.72. The third-order valence-corrected chi connectivity index (χ3v) is 3.36.